The van der Waals surface area contributed by atoms with Crippen LogP contribution in [0, 0.1) is 11.8 Å². The highest BCUT2D eigenvalue weighted by Gasteiger charge is 2.94. The minimum atomic E-state index is -4.53. The van der Waals surface area contributed by atoms with E-state index < -0.39 is 17.6 Å². The molecular weight excluding hydrogens is 383 g/mol. The molecule has 6 fully saturated rings. The number of alkyl halides is 3. The first-order chi connectivity index (χ1) is 13.9. The number of fused-ring (bicyclic) bond motifs is 1. The lowest BCUT2D eigenvalue weighted by atomic mass is 10.1. The molecule has 0 spiro atoms. The summed E-state index contributed by atoms with van der Waals surface area (Å²) in [7, 11) is 0. The number of imidazole rings is 1. The number of nitrogens with zero attached hydrogens (tertiary/aromatic N) is 4. The Morgan fingerprint density at radius 2 is 2.03 bits per heavy atom. The van der Waals surface area contributed by atoms with E-state index in [-0.39, 0.29) is 5.54 Å². The van der Waals surface area contributed by atoms with E-state index in [0.717, 1.165) is 44.5 Å². The zero-order chi connectivity index (χ0) is 19.7. The van der Waals surface area contributed by atoms with E-state index in [1.54, 1.807) is 0 Å². The van der Waals surface area contributed by atoms with Crippen LogP contribution in [0.3, 0.4) is 0 Å². The van der Waals surface area contributed by atoms with Gasteiger partial charge in [0.05, 0.1) is 36.1 Å². The average molecular weight is 403 g/mol. The van der Waals surface area contributed by atoms with Crippen molar-refractivity contribution in [3.05, 3.63) is 29.8 Å². The summed E-state index contributed by atoms with van der Waals surface area (Å²) in [6.45, 7) is 2.73. The van der Waals surface area contributed by atoms with Crippen molar-refractivity contribution >= 4 is 5.82 Å². The molecule has 9 heteroatoms. The Kier molecular flexibility index (Phi) is 2.84. The molecule has 3 aliphatic carbocycles. The number of ether oxygens (including phenoxy) is 1. The monoisotopic (exact) mass is 403 g/mol. The van der Waals surface area contributed by atoms with Crippen molar-refractivity contribution in [2.45, 2.75) is 42.6 Å². The van der Waals surface area contributed by atoms with Crippen LogP contribution in [0.5, 0.6) is 0 Å². The molecule has 2 aromatic rings. The van der Waals surface area contributed by atoms with Crippen LogP contribution in [0.2, 0.25) is 0 Å². The lowest BCUT2D eigenvalue weighted by Gasteiger charge is -2.34. The van der Waals surface area contributed by atoms with Crippen LogP contribution in [0.4, 0.5) is 19.0 Å². The molecule has 2 N–H and O–H groups in total. The molecule has 4 atom stereocenters. The summed E-state index contributed by atoms with van der Waals surface area (Å²) in [6.07, 6.45) is 1.03. The molecule has 5 heterocycles. The van der Waals surface area contributed by atoms with Gasteiger partial charge in [0.25, 0.3) is 0 Å². The van der Waals surface area contributed by atoms with E-state index in [9.17, 15) is 13.2 Å². The zero-order valence-corrected chi connectivity index (χ0v) is 15.6. The molecule has 3 saturated carbocycles. The van der Waals surface area contributed by atoms with Gasteiger partial charge < -0.3 is 15.0 Å². The van der Waals surface area contributed by atoms with Gasteiger partial charge in [-0.15, -0.1) is 0 Å². The molecule has 6 aliphatic rings. The molecular formula is C20H20F3N5O. The van der Waals surface area contributed by atoms with Gasteiger partial charge in [-0.3, -0.25) is 4.90 Å². The van der Waals surface area contributed by atoms with Gasteiger partial charge in [0.15, 0.2) is 0 Å². The molecule has 2 aromatic heterocycles. The fourth-order valence-electron chi connectivity index (χ4n) is 5.88. The molecule has 3 aliphatic heterocycles. The van der Waals surface area contributed by atoms with E-state index in [2.05, 4.69) is 14.5 Å². The second-order valence-electron chi connectivity index (χ2n) is 9.14. The van der Waals surface area contributed by atoms with Crippen LogP contribution in [-0.2, 0) is 16.5 Å². The molecule has 8 rings (SSSR count). The van der Waals surface area contributed by atoms with Crippen molar-refractivity contribution in [2.75, 3.05) is 25.5 Å². The first kappa shape index (κ1) is 16.6. The van der Waals surface area contributed by atoms with Crippen molar-refractivity contribution in [2.24, 2.45) is 11.8 Å². The number of nitrogen functional groups attached to an aromatic ring is 1. The van der Waals surface area contributed by atoms with Gasteiger partial charge in [0.2, 0.25) is 0 Å². The van der Waals surface area contributed by atoms with E-state index in [4.69, 9.17) is 15.5 Å². The van der Waals surface area contributed by atoms with E-state index in [1.807, 2.05) is 6.20 Å². The number of nitrogens with two attached hydrogens (primary N) is 1. The average Bonchev–Trinajstić information content (AvgIpc) is 3.56. The molecule has 2 bridgehead atoms. The number of anilines is 1. The fraction of sp³-hybridized carbons (Fsp3) is 0.600. The number of piperidine rings is 1. The van der Waals surface area contributed by atoms with Gasteiger partial charge in [0, 0.05) is 48.3 Å². The van der Waals surface area contributed by atoms with Crippen LogP contribution in [0.25, 0.3) is 11.3 Å². The van der Waals surface area contributed by atoms with Crippen molar-refractivity contribution in [3.8, 4) is 11.3 Å². The molecule has 0 radical (unpaired) electrons. The lowest BCUT2D eigenvalue weighted by molar-refractivity contribution is -0.137. The van der Waals surface area contributed by atoms with Gasteiger partial charge >= 0.3 is 6.18 Å². The predicted molar refractivity (Wildman–Crippen MR) is 96.9 cm³/mol. The fourth-order valence-corrected chi connectivity index (χ4v) is 5.88. The van der Waals surface area contributed by atoms with Crippen LogP contribution in [-0.4, -0.2) is 51.3 Å². The van der Waals surface area contributed by atoms with Gasteiger partial charge in [0.1, 0.15) is 11.6 Å². The van der Waals surface area contributed by atoms with Crippen molar-refractivity contribution < 1.29 is 17.9 Å². The Morgan fingerprint density at radius 3 is 2.66 bits per heavy atom. The van der Waals surface area contributed by atoms with Crippen molar-refractivity contribution in [3.63, 3.8) is 0 Å². The van der Waals surface area contributed by atoms with Crippen LogP contribution in [0.15, 0.2) is 18.5 Å². The zero-order valence-electron chi connectivity index (χ0n) is 15.6. The topological polar surface area (TPSA) is 69.2 Å². The maximum Gasteiger partial charge on any atom is 0.419 e. The molecule has 29 heavy (non-hydrogen) atoms. The van der Waals surface area contributed by atoms with Crippen LogP contribution < -0.4 is 5.73 Å². The highest BCUT2D eigenvalue weighted by Crippen LogP contribution is 2.84. The normalized spacial score (nSPS) is 35.5. The Morgan fingerprint density at radius 1 is 1.24 bits per heavy atom. The quantitative estimate of drug-likeness (QED) is 0.850. The molecule has 0 amide bonds. The third-order valence-corrected chi connectivity index (χ3v) is 7.62. The van der Waals surface area contributed by atoms with Crippen molar-refractivity contribution in [1.29, 1.82) is 0 Å². The minimum Gasteiger partial charge on any atom is -0.383 e. The second kappa shape index (κ2) is 4.95. The Bertz CT molecular complexity index is 1040. The highest BCUT2D eigenvalue weighted by molar-refractivity contribution is 5.63. The Balaban J connectivity index is 1.28. The SMILES string of the molecule is Nc1ncc(-c2cn([C@]34C5[C@@H]3[C@@H]4CN5C3COC3)c(C3CC3)n2)cc1C(F)(F)F. The maximum atomic E-state index is 13.3. The van der Waals surface area contributed by atoms with Crippen LogP contribution >= 0.6 is 0 Å². The molecule has 6 nitrogen and oxygen atoms in total. The smallest absolute Gasteiger partial charge is 0.383 e. The third kappa shape index (κ3) is 2.00. The van der Waals surface area contributed by atoms with E-state index in [0.29, 0.717) is 41.1 Å². The standard InChI is InChI=1S/C20H20F3N5O/c21-20(22,23)12-3-10(4-25-17(12)24)14-6-28(18(26-14)9-1-2-9)19-13-5-27(11-7-29-8-11)16(19)15(13)19/h3-4,6,9,11,13,15-16H,1-2,5,7-8H2,(H2,24,25)/t13-,15-,16?,19-/m0/s1. The summed E-state index contributed by atoms with van der Waals surface area (Å²) in [6, 6.07) is 2.14. The number of hydrogen-bond acceptors (Lipinski definition) is 5. The van der Waals surface area contributed by atoms with Gasteiger partial charge in [-0.05, 0) is 18.9 Å². The molecule has 1 unspecified atom stereocenters. The summed E-state index contributed by atoms with van der Waals surface area (Å²) < 4.78 is 47.5. The summed E-state index contributed by atoms with van der Waals surface area (Å²) in [5, 5.41) is 0. The molecule has 3 saturated heterocycles. The lowest BCUT2D eigenvalue weighted by Crippen LogP contribution is -2.48. The number of hydrogen-bond donors (Lipinski definition) is 1. The maximum absolute atomic E-state index is 13.3. The Hall–Kier alpha value is -2.13. The van der Waals surface area contributed by atoms with Gasteiger partial charge in [-0.2, -0.15) is 13.2 Å². The van der Waals surface area contributed by atoms with Gasteiger partial charge in [-0.1, -0.05) is 0 Å². The summed E-state index contributed by atoms with van der Waals surface area (Å²) >= 11 is 0. The molecule has 0 aromatic carbocycles. The number of aromatic nitrogens is 3. The summed E-state index contributed by atoms with van der Waals surface area (Å²) in [5.74, 6) is 2.26. The first-order valence-electron chi connectivity index (χ1n) is 10.2. The predicted octanol–water partition coefficient (Wildman–Crippen LogP) is 2.46. The minimum absolute atomic E-state index is 0.118. The third-order valence-electron chi connectivity index (χ3n) is 7.62. The highest BCUT2D eigenvalue weighted by atomic mass is 19.4. The largest absolute Gasteiger partial charge is 0.419 e. The summed E-state index contributed by atoms with van der Waals surface area (Å²) in [5.41, 5.74) is 5.62. The van der Waals surface area contributed by atoms with Gasteiger partial charge in [-0.25, -0.2) is 9.97 Å². The van der Waals surface area contributed by atoms with E-state index >= 15 is 0 Å². The number of rotatable bonds is 4. The second-order valence-corrected chi connectivity index (χ2v) is 9.14. The van der Waals surface area contributed by atoms with E-state index in [1.165, 1.54) is 6.20 Å². The molecule has 152 valence electrons. The summed E-state index contributed by atoms with van der Waals surface area (Å²) in [4.78, 5) is 11.2. The van der Waals surface area contributed by atoms with Crippen LogP contribution in [0.1, 0.15) is 30.1 Å². The first-order valence-corrected chi connectivity index (χ1v) is 10.2. The van der Waals surface area contributed by atoms with Crippen molar-refractivity contribution in [1.82, 2.24) is 19.4 Å². The number of halogens is 3. The Labute approximate surface area is 164 Å². The number of pyridine rings is 1.